The Balaban J connectivity index is 1.49. The number of halogens is 2. The van der Waals surface area contributed by atoms with Gasteiger partial charge in [-0.1, -0.05) is 6.07 Å². The number of pyridine rings is 2. The fourth-order valence-corrected chi connectivity index (χ4v) is 5.02. The smallest absolute Gasteiger partial charge is 0.286 e. The third-order valence-electron chi connectivity index (χ3n) is 7.13. The van der Waals surface area contributed by atoms with Crippen molar-refractivity contribution in [3.05, 3.63) is 65.6 Å². The molecule has 198 valence electrons. The Morgan fingerprint density at radius 2 is 2.00 bits per heavy atom. The quantitative estimate of drug-likeness (QED) is 0.520. The molecule has 0 radical (unpaired) electrons. The Hall–Kier alpha value is -3.92. The van der Waals surface area contributed by atoms with Crippen LogP contribution in [0.25, 0.3) is 11.1 Å². The number of likely N-dealkylation sites (N-methyl/N-ethyl adjacent to an activating group) is 1. The van der Waals surface area contributed by atoms with Crippen LogP contribution in [0.3, 0.4) is 0 Å². The summed E-state index contributed by atoms with van der Waals surface area (Å²) in [4.78, 5) is 38.3. The Labute approximate surface area is 219 Å². The van der Waals surface area contributed by atoms with E-state index < -0.39 is 23.1 Å². The number of nitrogens with zero attached hydrogens (tertiary/aromatic N) is 4. The molecule has 3 aromatic rings. The van der Waals surface area contributed by atoms with E-state index >= 15 is 0 Å². The van der Waals surface area contributed by atoms with Crippen molar-refractivity contribution in [1.29, 1.82) is 0 Å². The Morgan fingerprint density at radius 1 is 1.21 bits per heavy atom. The van der Waals surface area contributed by atoms with Crippen LogP contribution in [-0.2, 0) is 15.5 Å². The first-order chi connectivity index (χ1) is 18.0. The summed E-state index contributed by atoms with van der Waals surface area (Å²) in [6.45, 7) is 8.38. The predicted molar refractivity (Wildman–Crippen MR) is 141 cm³/mol. The molecule has 8 nitrogen and oxygen atoms in total. The van der Waals surface area contributed by atoms with E-state index in [9.17, 15) is 18.4 Å². The molecule has 1 fully saturated rings. The molecular formula is C28H29F2N5O3. The lowest BCUT2D eigenvalue weighted by atomic mass is 9.92. The highest BCUT2D eigenvalue weighted by Gasteiger charge is 2.50. The van der Waals surface area contributed by atoms with Crippen LogP contribution in [0.1, 0.15) is 42.4 Å². The van der Waals surface area contributed by atoms with E-state index in [-0.39, 0.29) is 11.5 Å². The zero-order valence-electron chi connectivity index (χ0n) is 21.7. The number of nitrogens with one attached hydrogen (secondary N) is 1. The number of hydrogen-bond donors (Lipinski definition) is 1. The minimum Gasteiger partial charge on any atom is -0.377 e. The van der Waals surface area contributed by atoms with Crippen LogP contribution in [0.5, 0.6) is 0 Å². The fraction of sp³-hybridized carbons (Fsp3) is 0.357. The summed E-state index contributed by atoms with van der Waals surface area (Å²) in [6.07, 6.45) is 2.93. The van der Waals surface area contributed by atoms with Crippen molar-refractivity contribution in [2.75, 3.05) is 41.4 Å². The number of rotatable bonds is 5. The van der Waals surface area contributed by atoms with Crippen molar-refractivity contribution < 1.29 is 23.1 Å². The van der Waals surface area contributed by atoms with Crippen LogP contribution < -0.4 is 15.1 Å². The molecule has 1 atom stereocenters. The number of carbonyl (C=O) groups is 2. The highest BCUT2D eigenvalue weighted by Crippen LogP contribution is 2.43. The molecule has 5 rings (SSSR count). The van der Waals surface area contributed by atoms with E-state index in [4.69, 9.17) is 4.74 Å². The van der Waals surface area contributed by atoms with Crippen LogP contribution in [0, 0.1) is 6.92 Å². The van der Waals surface area contributed by atoms with Gasteiger partial charge >= 0.3 is 0 Å². The number of aromatic nitrogens is 2. The normalized spacial score (nSPS) is 19.2. The van der Waals surface area contributed by atoms with Crippen LogP contribution in [0.2, 0.25) is 0 Å². The number of carbonyl (C=O) groups excluding carboxylic acids is 2. The minimum absolute atomic E-state index is 0.0338. The first-order valence-electron chi connectivity index (χ1n) is 12.5. The lowest BCUT2D eigenvalue weighted by Crippen LogP contribution is -2.67. The number of amides is 2. The molecule has 1 saturated heterocycles. The first kappa shape index (κ1) is 25.7. The van der Waals surface area contributed by atoms with Gasteiger partial charge in [-0.05, 0) is 62.2 Å². The largest absolute Gasteiger partial charge is 0.377 e. The Bertz CT molecular complexity index is 1420. The molecule has 1 aromatic carbocycles. The molecule has 10 heteroatoms. The van der Waals surface area contributed by atoms with Crippen molar-refractivity contribution in [2.24, 2.45) is 0 Å². The minimum atomic E-state index is -3.15. The molecule has 0 bridgehead atoms. The van der Waals surface area contributed by atoms with Gasteiger partial charge < -0.3 is 15.0 Å². The predicted octanol–water partition coefficient (Wildman–Crippen LogP) is 4.78. The number of morpholine rings is 1. The van der Waals surface area contributed by atoms with Crippen LogP contribution in [0.15, 0.2) is 48.8 Å². The lowest BCUT2D eigenvalue weighted by molar-refractivity contribution is -0.127. The Kier molecular flexibility index (Phi) is 6.38. The van der Waals surface area contributed by atoms with Gasteiger partial charge in [0, 0.05) is 49.2 Å². The van der Waals surface area contributed by atoms with Crippen molar-refractivity contribution in [3.8, 4) is 11.1 Å². The number of anilines is 3. The monoisotopic (exact) mass is 521 g/mol. The maximum Gasteiger partial charge on any atom is 0.286 e. The third-order valence-corrected chi connectivity index (χ3v) is 7.13. The molecular weight excluding hydrogens is 492 g/mol. The first-order valence-corrected chi connectivity index (χ1v) is 12.5. The molecule has 2 aliphatic heterocycles. The van der Waals surface area contributed by atoms with Gasteiger partial charge in [0.15, 0.2) is 5.82 Å². The van der Waals surface area contributed by atoms with E-state index in [1.807, 2.05) is 39.0 Å². The number of fused-ring (bicyclic) bond motifs is 3. The second-order valence-corrected chi connectivity index (χ2v) is 9.90. The second-order valence-electron chi connectivity index (χ2n) is 9.90. The number of hydrogen-bond acceptors (Lipinski definition) is 6. The summed E-state index contributed by atoms with van der Waals surface area (Å²) in [5, 5.41) is 2.80. The number of benzene rings is 1. The number of alkyl halides is 2. The zero-order chi connectivity index (χ0) is 27.2. The molecule has 1 unspecified atom stereocenters. The maximum absolute atomic E-state index is 13.7. The van der Waals surface area contributed by atoms with E-state index in [1.54, 1.807) is 17.2 Å². The van der Waals surface area contributed by atoms with E-state index in [2.05, 4.69) is 20.2 Å². The molecule has 38 heavy (non-hydrogen) atoms. The van der Waals surface area contributed by atoms with Crippen LogP contribution in [-0.4, -0.2) is 53.6 Å². The summed E-state index contributed by atoms with van der Waals surface area (Å²) in [5.41, 5.74) is 2.81. The van der Waals surface area contributed by atoms with Crippen LogP contribution >= 0.6 is 0 Å². The van der Waals surface area contributed by atoms with Crippen molar-refractivity contribution in [3.63, 3.8) is 0 Å². The van der Waals surface area contributed by atoms with Crippen LogP contribution in [0.4, 0.5) is 26.0 Å². The van der Waals surface area contributed by atoms with E-state index in [0.717, 1.165) is 35.4 Å². The third kappa shape index (κ3) is 4.38. The fourth-order valence-electron chi connectivity index (χ4n) is 5.02. The highest BCUT2D eigenvalue weighted by atomic mass is 19.3. The summed E-state index contributed by atoms with van der Waals surface area (Å²) < 4.78 is 33.1. The molecule has 0 aliphatic carbocycles. The van der Waals surface area contributed by atoms with Gasteiger partial charge in [0.2, 0.25) is 0 Å². The zero-order valence-corrected chi connectivity index (χ0v) is 21.7. The summed E-state index contributed by atoms with van der Waals surface area (Å²) in [6, 6.07) is 9.98. The van der Waals surface area contributed by atoms with Gasteiger partial charge in [0.25, 0.3) is 17.7 Å². The molecule has 0 saturated carbocycles. The summed E-state index contributed by atoms with van der Waals surface area (Å²) in [5.74, 6) is -3.09. The van der Waals surface area contributed by atoms with E-state index in [0.29, 0.717) is 37.8 Å². The second kappa shape index (κ2) is 9.43. The average Bonchev–Trinajstić information content (AvgIpc) is 2.90. The number of aryl methyl sites for hydroxylation is 1. The highest BCUT2D eigenvalue weighted by molar-refractivity contribution is 6.08. The Morgan fingerprint density at radius 3 is 2.74 bits per heavy atom. The standard InChI is InChI=1S/C28H29F2N5O3/c1-5-34-24-22(35-10-11-38-16-27(35,3)26(34)37)12-19(15-32-24)21-14-20(7-6-17(21)2)33-25(36)18-8-9-31-23(13-18)28(4,29)30/h6-9,12-15H,5,10-11,16H2,1-4H3,(H,33,36). The van der Waals surface area contributed by atoms with Gasteiger partial charge in [-0.25, -0.2) is 4.98 Å². The average molecular weight is 522 g/mol. The summed E-state index contributed by atoms with van der Waals surface area (Å²) >= 11 is 0. The lowest BCUT2D eigenvalue weighted by Gasteiger charge is -2.50. The van der Waals surface area contributed by atoms with Gasteiger partial charge in [0.05, 0.1) is 18.9 Å². The van der Waals surface area contributed by atoms with E-state index in [1.165, 1.54) is 12.3 Å². The maximum atomic E-state index is 13.7. The molecule has 2 amide bonds. The van der Waals surface area contributed by atoms with Gasteiger partial charge in [-0.15, -0.1) is 0 Å². The summed E-state index contributed by atoms with van der Waals surface area (Å²) in [7, 11) is 0. The van der Waals surface area contributed by atoms with Crippen molar-refractivity contribution in [1.82, 2.24) is 9.97 Å². The van der Waals surface area contributed by atoms with Gasteiger partial charge in [-0.2, -0.15) is 8.78 Å². The van der Waals surface area contributed by atoms with Crippen molar-refractivity contribution >= 4 is 29.0 Å². The molecule has 4 heterocycles. The number of ether oxygens (including phenoxy) is 1. The topological polar surface area (TPSA) is 87.7 Å². The van der Waals surface area contributed by atoms with Crippen molar-refractivity contribution in [2.45, 2.75) is 39.2 Å². The molecule has 2 aliphatic rings. The molecule has 2 aromatic heterocycles. The van der Waals surface area contributed by atoms with Gasteiger partial charge in [0.1, 0.15) is 11.2 Å². The molecule has 0 spiro atoms. The SMILES string of the molecule is CCN1C(=O)C2(C)COCCN2c2cc(-c3cc(NC(=O)c4ccnc(C(C)(F)F)c4)ccc3C)cnc21. The van der Waals surface area contributed by atoms with Gasteiger partial charge in [-0.3, -0.25) is 19.5 Å². The molecule has 1 N–H and O–H groups in total.